The van der Waals surface area contributed by atoms with Crippen molar-refractivity contribution < 1.29 is 9.53 Å². The van der Waals surface area contributed by atoms with E-state index in [0.717, 1.165) is 45.4 Å². The molecule has 5 nitrogen and oxygen atoms in total. The van der Waals surface area contributed by atoms with Crippen LogP contribution in [0, 0.1) is 11.3 Å². The van der Waals surface area contributed by atoms with Crippen molar-refractivity contribution in [1.82, 2.24) is 14.8 Å². The average molecular weight is 458 g/mol. The number of hydrogen-bond acceptors (Lipinski definition) is 4. The van der Waals surface area contributed by atoms with E-state index in [0.29, 0.717) is 31.6 Å². The Labute approximate surface area is 202 Å². The molecule has 0 aliphatic carbocycles. The first kappa shape index (κ1) is 23.0. The molecular formula is C29H35N3O2. The fourth-order valence-corrected chi connectivity index (χ4v) is 5.50. The van der Waals surface area contributed by atoms with Crippen molar-refractivity contribution >= 4 is 16.7 Å². The maximum absolute atomic E-state index is 13.7. The van der Waals surface area contributed by atoms with Crippen LogP contribution in [0.25, 0.3) is 10.8 Å². The van der Waals surface area contributed by atoms with Crippen LogP contribution in [0.15, 0.2) is 67.0 Å². The van der Waals surface area contributed by atoms with Crippen LogP contribution in [-0.2, 0) is 22.5 Å². The van der Waals surface area contributed by atoms with E-state index in [4.69, 9.17) is 4.74 Å². The average Bonchev–Trinajstić information content (AvgIpc) is 3.11. The van der Waals surface area contributed by atoms with Crippen LogP contribution in [0.5, 0.6) is 0 Å². The number of carbonyl (C=O) groups excluding carboxylic acids is 1. The van der Waals surface area contributed by atoms with Crippen LogP contribution in [0.1, 0.15) is 30.9 Å². The third-order valence-electron chi connectivity index (χ3n) is 7.63. The maximum atomic E-state index is 13.7. The third-order valence-corrected chi connectivity index (χ3v) is 7.63. The van der Waals surface area contributed by atoms with Gasteiger partial charge in [0.25, 0.3) is 0 Å². The molecule has 0 bridgehead atoms. The van der Waals surface area contributed by atoms with E-state index >= 15 is 0 Å². The highest BCUT2D eigenvalue weighted by molar-refractivity contribution is 5.85. The van der Waals surface area contributed by atoms with Crippen molar-refractivity contribution in [3.05, 3.63) is 78.1 Å². The molecule has 5 rings (SSSR count). The molecule has 2 aliphatic rings. The second-order valence-electron chi connectivity index (χ2n) is 10.2. The van der Waals surface area contributed by atoms with Gasteiger partial charge in [0.05, 0.1) is 13.2 Å². The number of likely N-dealkylation sites (tertiary alicyclic amines) is 1. The van der Waals surface area contributed by atoms with Crippen molar-refractivity contribution in [2.45, 2.75) is 32.7 Å². The van der Waals surface area contributed by atoms with Gasteiger partial charge in [-0.1, -0.05) is 55.5 Å². The second kappa shape index (κ2) is 10.2. The zero-order chi connectivity index (χ0) is 23.4. The number of pyridine rings is 1. The van der Waals surface area contributed by atoms with Crippen LogP contribution >= 0.6 is 0 Å². The smallest absolute Gasteiger partial charge is 0.228 e. The first-order valence-corrected chi connectivity index (χ1v) is 12.6. The molecule has 0 radical (unpaired) electrons. The van der Waals surface area contributed by atoms with Gasteiger partial charge in [-0.3, -0.25) is 14.7 Å². The number of aromatic nitrogens is 1. The normalized spacial score (nSPS) is 21.3. The van der Waals surface area contributed by atoms with Gasteiger partial charge >= 0.3 is 0 Å². The largest absolute Gasteiger partial charge is 0.379 e. The molecule has 1 unspecified atom stereocenters. The first-order chi connectivity index (χ1) is 16.6. The van der Waals surface area contributed by atoms with E-state index < -0.39 is 0 Å². The fourth-order valence-electron chi connectivity index (χ4n) is 5.50. The van der Waals surface area contributed by atoms with Gasteiger partial charge in [0.1, 0.15) is 0 Å². The number of rotatable bonds is 5. The van der Waals surface area contributed by atoms with Gasteiger partial charge in [-0.05, 0) is 54.9 Å². The Kier molecular flexibility index (Phi) is 6.93. The summed E-state index contributed by atoms with van der Waals surface area (Å²) < 4.78 is 5.96. The van der Waals surface area contributed by atoms with Crippen molar-refractivity contribution in [3.63, 3.8) is 0 Å². The van der Waals surface area contributed by atoms with E-state index in [9.17, 15) is 4.79 Å². The second-order valence-corrected chi connectivity index (χ2v) is 10.2. The van der Waals surface area contributed by atoms with E-state index in [-0.39, 0.29) is 5.41 Å². The predicted octanol–water partition coefficient (Wildman–Crippen LogP) is 4.55. The summed E-state index contributed by atoms with van der Waals surface area (Å²) in [6.45, 7) is 7.84. The summed E-state index contributed by atoms with van der Waals surface area (Å²) in [7, 11) is 0. The molecule has 2 aromatic carbocycles. The molecule has 1 atom stereocenters. The molecule has 2 fully saturated rings. The van der Waals surface area contributed by atoms with Gasteiger partial charge in [0, 0.05) is 48.7 Å². The van der Waals surface area contributed by atoms with E-state index in [1.165, 1.54) is 21.9 Å². The summed E-state index contributed by atoms with van der Waals surface area (Å²) in [6.07, 6.45) is 6.52. The standard InChI is InChI=1S/C29H35N3O2/c1-29(11-14-31(15-12-29)20-23-6-3-2-4-7-23)28(33)32-16-17-34-22-24(21-32)18-26-9-5-8-25-10-13-30-19-27(25)26/h2-10,13,19,24H,11-12,14-18,20-22H2,1H3. The molecule has 178 valence electrons. The number of hydrogen-bond donors (Lipinski definition) is 0. The Hall–Kier alpha value is -2.76. The molecule has 1 amide bonds. The van der Waals surface area contributed by atoms with Gasteiger partial charge in [-0.15, -0.1) is 0 Å². The summed E-state index contributed by atoms with van der Waals surface area (Å²) in [5.74, 6) is 0.598. The summed E-state index contributed by atoms with van der Waals surface area (Å²) in [6, 6.07) is 19.1. The SMILES string of the molecule is CC1(C(=O)N2CCOCC(Cc3cccc4ccncc34)C2)CCN(Cc2ccccc2)CC1. The summed E-state index contributed by atoms with van der Waals surface area (Å²) in [4.78, 5) is 22.6. The molecule has 0 spiro atoms. The third kappa shape index (κ3) is 5.16. The molecule has 0 saturated carbocycles. The minimum atomic E-state index is -0.286. The monoisotopic (exact) mass is 457 g/mol. The zero-order valence-electron chi connectivity index (χ0n) is 20.2. The fraction of sp³-hybridized carbons (Fsp3) is 0.448. The highest BCUT2D eigenvalue weighted by Gasteiger charge is 2.40. The lowest BCUT2D eigenvalue weighted by atomic mass is 9.78. The van der Waals surface area contributed by atoms with E-state index in [2.05, 4.69) is 76.3 Å². The highest BCUT2D eigenvalue weighted by atomic mass is 16.5. The quantitative estimate of drug-likeness (QED) is 0.564. The molecule has 2 aliphatic heterocycles. The van der Waals surface area contributed by atoms with Crippen LogP contribution < -0.4 is 0 Å². The number of ether oxygens (including phenoxy) is 1. The Bertz CT molecular complexity index is 1100. The lowest BCUT2D eigenvalue weighted by Gasteiger charge is -2.41. The summed E-state index contributed by atoms with van der Waals surface area (Å²) in [5, 5.41) is 2.41. The minimum absolute atomic E-state index is 0.286. The summed E-state index contributed by atoms with van der Waals surface area (Å²) in [5.41, 5.74) is 2.34. The molecule has 5 heteroatoms. The Morgan fingerprint density at radius 2 is 1.88 bits per heavy atom. The lowest BCUT2D eigenvalue weighted by molar-refractivity contribution is -0.144. The number of nitrogens with zero attached hydrogens (tertiary/aromatic N) is 3. The van der Waals surface area contributed by atoms with Gasteiger partial charge in [-0.2, -0.15) is 0 Å². The number of piperidine rings is 1. The van der Waals surface area contributed by atoms with E-state index in [1.807, 2.05) is 12.4 Å². The molecule has 1 aromatic heterocycles. The lowest BCUT2D eigenvalue weighted by Crippen LogP contribution is -2.50. The van der Waals surface area contributed by atoms with Crippen molar-refractivity contribution in [2.75, 3.05) is 39.4 Å². The first-order valence-electron chi connectivity index (χ1n) is 12.6. The topological polar surface area (TPSA) is 45.7 Å². The van der Waals surface area contributed by atoms with Gasteiger partial charge < -0.3 is 9.64 Å². The van der Waals surface area contributed by atoms with Crippen LogP contribution in [-0.4, -0.2) is 60.1 Å². The number of carbonyl (C=O) groups is 1. The van der Waals surface area contributed by atoms with Crippen molar-refractivity contribution in [2.24, 2.45) is 11.3 Å². The molecular weight excluding hydrogens is 422 g/mol. The van der Waals surface area contributed by atoms with Crippen molar-refractivity contribution in [1.29, 1.82) is 0 Å². The Balaban J connectivity index is 1.23. The number of benzene rings is 2. The number of amides is 1. The molecule has 2 saturated heterocycles. The Morgan fingerprint density at radius 1 is 1.06 bits per heavy atom. The van der Waals surface area contributed by atoms with Gasteiger partial charge in [-0.25, -0.2) is 0 Å². The molecule has 3 aromatic rings. The van der Waals surface area contributed by atoms with Crippen molar-refractivity contribution in [3.8, 4) is 0 Å². The highest BCUT2D eigenvalue weighted by Crippen LogP contribution is 2.34. The molecule has 3 heterocycles. The van der Waals surface area contributed by atoms with Crippen LogP contribution in [0.2, 0.25) is 0 Å². The van der Waals surface area contributed by atoms with Crippen LogP contribution in [0.3, 0.4) is 0 Å². The molecule has 0 N–H and O–H groups in total. The minimum Gasteiger partial charge on any atom is -0.379 e. The van der Waals surface area contributed by atoms with Gasteiger partial charge in [0.2, 0.25) is 5.91 Å². The predicted molar refractivity (Wildman–Crippen MR) is 135 cm³/mol. The van der Waals surface area contributed by atoms with Crippen LogP contribution in [0.4, 0.5) is 0 Å². The number of fused-ring (bicyclic) bond motifs is 1. The molecule has 34 heavy (non-hydrogen) atoms. The van der Waals surface area contributed by atoms with E-state index in [1.54, 1.807) is 0 Å². The maximum Gasteiger partial charge on any atom is 0.228 e. The Morgan fingerprint density at radius 3 is 2.71 bits per heavy atom. The zero-order valence-corrected chi connectivity index (χ0v) is 20.2. The van der Waals surface area contributed by atoms with Gasteiger partial charge in [0.15, 0.2) is 0 Å². The summed E-state index contributed by atoms with van der Waals surface area (Å²) >= 11 is 0.